The number of carbonyl (C=O) groups excluding carboxylic acids is 1. The van der Waals surface area contributed by atoms with Gasteiger partial charge in [-0.2, -0.15) is 0 Å². The van der Waals surface area contributed by atoms with E-state index in [9.17, 15) is 4.79 Å². The molecule has 1 aliphatic rings. The van der Waals surface area contributed by atoms with E-state index in [-0.39, 0.29) is 11.9 Å². The van der Waals surface area contributed by atoms with Crippen LogP contribution in [0.4, 0.5) is 5.82 Å². The minimum Gasteiger partial charge on any atom is -0.384 e. The fourth-order valence-corrected chi connectivity index (χ4v) is 2.02. The maximum Gasteiger partial charge on any atom is 0.237 e. The number of pyridine rings is 1. The number of rotatable bonds is 2. The number of anilines is 1. The number of hydrogen-bond donors (Lipinski definition) is 2. The molecule has 92 valence electrons. The molecular formula is C11H15ClN4O. The van der Waals surface area contributed by atoms with Gasteiger partial charge in [-0.15, -0.1) is 0 Å². The molecule has 0 spiro atoms. The number of amides is 1. The van der Waals surface area contributed by atoms with Crippen LogP contribution >= 0.6 is 11.6 Å². The Kier molecular flexibility index (Phi) is 3.49. The first-order valence-corrected chi connectivity index (χ1v) is 5.88. The Labute approximate surface area is 105 Å². The normalized spacial score (nSPS) is 21.3. The predicted octanol–water partition coefficient (Wildman–Crippen LogP) is 0.638. The van der Waals surface area contributed by atoms with Gasteiger partial charge in [-0.3, -0.25) is 9.69 Å². The standard InChI is InChI=1S/C11H15ClN4O/c1-7-11(17)14-4-5-16(7)6-9-8(12)2-3-10(13)15-9/h2-3,7H,4-6H2,1H3,(H2,13,15)(H,14,17). The molecule has 0 saturated carbocycles. The number of nitrogens with zero attached hydrogens (tertiary/aromatic N) is 2. The fraction of sp³-hybridized carbons (Fsp3) is 0.455. The molecule has 1 amide bonds. The lowest BCUT2D eigenvalue weighted by molar-refractivity contribution is -0.128. The van der Waals surface area contributed by atoms with Gasteiger partial charge in [-0.1, -0.05) is 11.6 Å². The van der Waals surface area contributed by atoms with E-state index in [0.29, 0.717) is 29.6 Å². The van der Waals surface area contributed by atoms with Crippen molar-refractivity contribution in [2.75, 3.05) is 18.8 Å². The van der Waals surface area contributed by atoms with Crippen LogP contribution in [0.2, 0.25) is 5.02 Å². The second-order valence-corrected chi connectivity index (χ2v) is 4.51. The molecule has 1 aromatic rings. The molecule has 0 aromatic carbocycles. The zero-order chi connectivity index (χ0) is 12.4. The van der Waals surface area contributed by atoms with Crippen LogP contribution in [0.15, 0.2) is 12.1 Å². The SMILES string of the molecule is CC1C(=O)NCCN1Cc1nc(N)ccc1Cl. The first kappa shape index (κ1) is 12.1. The zero-order valence-electron chi connectivity index (χ0n) is 9.61. The highest BCUT2D eigenvalue weighted by Gasteiger charge is 2.26. The monoisotopic (exact) mass is 254 g/mol. The zero-order valence-corrected chi connectivity index (χ0v) is 10.4. The van der Waals surface area contributed by atoms with Crippen molar-refractivity contribution in [2.24, 2.45) is 0 Å². The summed E-state index contributed by atoms with van der Waals surface area (Å²) in [5.74, 6) is 0.481. The summed E-state index contributed by atoms with van der Waals surface area (Å²) >= 11 is 6.05. The van der Waals surface area contributed by atoms with Crippen LogP contribution in [0.3, 0.4) is 0 Å². The summed E-state index contributed by atoms with van der Waals surface area (Å²) in [6.07, 6.45) is 0. The summed E-state index contributed by atoms with van der Waals surface area (Å²) in [4.78, 5) is 17.7. The average molecular weight is 255 g/mol. The molecule has 1 fully saturated rings. The van der Waals surface area contributed by atoms with Gasteiger partial charge in [0, 0.05) is 19.6 Å². The van der Waals surface area contributed by atoms with E-state index in [2.05, 4.69) is 10.3 Å². The Morgan fingerprint density at radius 3 is 3.18 bits per heavy atom. The van der Waals surface area contributed by atoms with E-state index in [1.807, 2.05) is 11.8 Å². The molecule has 2 rings (SSSR count). The van der Waals surface area contributed by atoms with Gasteiger partial charge in [0.25, 0.3) is 0 Å². The molecule has 0 bridgehead atoms. The van der Waals surface area contributed by atoms with Crippen LogP contribution in [0.5, 0.6) is 0 Å². The van der Waals surface area contributed by atoms with Gasteiger partial charge in [-0.05, 0) is 19.1 Å². The van der Waals surface area contributed by atoms with Gasteiger partial charge in [0.2, 0.25) is 5.91 Å². The van der Waals surface area contributed by atoms with Crippen LogP contribution < -0.4 is 11.1 Å². The van der Waals surface area contributed by atoms with E-state index < -0.39 is 0 Å². The molecule has 1 unspecified atom stereocenters. The average Bonchev–Trinajstić information content (AvgIpc) is 2.30. The maximum absolute atomic E-state index is 11.5. The molecule has 3 N–H and O–H groups in total. The van der Waals surface area contributed by atoms with Crippen LogP contribution in [-0.4, -0.2) is 34.9 Å². The van der Waals surface area contributed by atoms with Crippen molar-refractivity contribution in [2.45, 2.75) is 19.5 Å². The van der Waals surface area contributed by atoms with E-state index in [1.165, 1.54) is 0 Å². The highest BCUT2D eigenvalue weighted by atomic mass is 35.5. The van der Waals surface area contributed by atoms with Gasteiger partial charge in [0.15, 0.2) is 0 Å². The molecule has 1 atom stereocenters. The minimum absolute atomic E-state index is 0.0382. The van der Waals surface area contributed by atoms with Crippen molar-refractivity contribution < 1.29 is 4.79 Å². The first-order chi connectivity index (χ1) is 8.08. The summed E-state index contributed by atoms with van der Waals surface area (Å²) in [5.41, 5.74) is 6.34. The number of carbonyl (C=O) groups is 1. The lowest BCUT2D eigenvalue weighted by Crippen LogP contribution is -2.53. The highest BCUT2D eigenvalue weighted by Crippen LogP contribution is 2.18. The van der Waals surface area contributed by atoms with Gasteiger partial charge >= 0.3 is 0 Å². The lowest BCUT2D eigenvalue weighted by atomic mass is 10.2. The predicted molar refractivity (Wildman–Crippen MR) is 66.5 cm³/mol. The topological polar surface area (TPSA) is 71.2 Å². The molecule has 5 nitrogen and oxygen atoms in total. The van der Waals surface area contributed by atoms with Crippen molar-refractivity contribution in [3.8, 4) is 0 Å². The third-order valence-electron chi connectivity index (χ3n) is 2.92. The van der Waals surface area contributed by atoms with Gasteiger partial charge in [0.1, 0.15) is 5.82 Å². The second kappa shape index (κ2) is 4.89. The van der Waals surface area contributed by atoms with E-state index >= 15 is 0 Å². The highest BCUT2D eigenvalue weighted by molar-refractivity contribution is 6.31. The number of nitrogen functional groups attached to an aromatic ring is 1. The number of piperazine rings is 1. The molecule has 1 aromatic heterocycles. The van der Waals surface area contributed by atoms with Crippen molar-refractivity contribution in [3.05, 3.63) is 22.8 Å². The number of nitrogens with one attached hydrogen (secondary N) is 1. The van der Waals surface area contributed by atoms with Crippen LogP contribution in [0.1, 0.15) is 12.6 Å². The lowest BCUT2D eigenvalue weighted by Gasteiger charge is -2.32. The molecule has 1 aliphatic heterocycles. The van der Waals surface area contributed by atoms with E-state index in [4.69, 9.17) is 17.3 Å². The number of hydrogen-bond acceptors (Lipinski definition) is 4. The summed E-state index contributed by atoms with van der Waals surface area (Å²) in [6, 6.07) is 3.23. The second-order valence-electron chi connectivity index (χ2n) is 4.10. The van der Waals surface area contributed by atoms with Crippen molar-refractivity contribution in [1.29, 1.82) is 0 Å². The summed E-state index contributed by atoms with van der Waals surface area (Å²) in [7, 11) is 0. The van der Waals surface area contributed by atoms with Crippen molar-refractivity contribution >= 4 is 23.3 Å². The minimum atomic E-state index is -0.164. The van der Waals surface area contributed by atoms with Crippen LogP contribution in [-0.2, 0) is 11.3 Å². The molecular weight excluding hydrogens is 240 g/mol. The Morgan fingerprint density at radius 2 is 2.41 bits per heavy atom. The Balaban J connectivity index is 2.14. The smallest absolute Gasteiger partial charge is 0.237 e. The van der Waals surface area contributed by atoms with E-state index in [1.54, 1.807) is 12.1 Å². The fourth-order valence-electron chi connectivity index (χ4n) is 1.85. The Bertz CT molecular complexity index is 437. The number of halogens is 1. The molecule has 1 saturated heterocycles. The molecule has 17 heavy (non-hydrogen) atoms. The molecule has 0 aliphatic carbocycles. The quantitative estimate of drug-likeness (QED) is 0.813. The Hall–Kier alpha value is -1.33. The molecule has 6 heteroatoms. The van der Waals surface area contributed by atoms with Crippen molar-refractivity contribution in [3.63, 3.8) is 0 Å². The summed E-state index contributed by atoms with van der Waals surface area (Å²) < 4.78 is 0. The summed E-state index contributed by atoms with van der Waals surface area (Å²) in [5, 5.41) is 3.40. The number of aromatic nitrogens is 1. The first-order valence-electron chi connectivity index (χ1n) is 5.50. The third kappa shape index (κ3) is 2.68. The van der Waals surface area contributed by atoms with E-state index in [0.717, 1.165) is 6.54 Å². The third-order valence-corrected chi connectivity index (χ3v) is 3.26. The molecule has 2 heterocycles. The number of nitrogens with two attached hydrogens (primary N) is 1. The van der Waals surface area contributed by atoms with Crippen LogP contribution in [0.25, 0.3) is 0 Å². The van der Waals surface area contributed by atoms with Crippen LogP contribution in [0, 0.1) is 0 Å². The Morgan fingerprint density at radius 1 is 1.65 bits per heavy atom. The molecule has 0 radical (unpaired) electrons. The van der Waals surface area contributed by atoms with Gasteiger partial charge < -0.3 is 11.1 Å². The largest absolute Gasteiger partial charge is 0.384 e. The van der Waals surface area contributed by atoms with Gasteiger partial charge in [-0.25, -0.2) is 4.98 Å². The van der Waals surface area contributed by atoms with Gasteiger partial charge in [0.05, 0.1) is 16.8 Å². The summed E-state index contributed by atoms with van der Waals surface area (Å²) in [6.45, 7) is 3.86. The van der Waals surface area contributed by atoms with Crippen molar-refractivity contribution in [1.82, 2.24) is 15.2 Å². The maximum atomic E-state index is 11.5.